The molecular formula is C15H14O2. The van der Waals surface area contributed by atoms with Crippen molar-refractivity contribution >= 4 is 11.6 Å². The van der Waals surface area contributed by atoms with Gasteiger partial charge in [0.1, 0.15) is 0 Å². The Morgan fingerprint density at radius 3 is 2.47 bits per heavy atom. The van der Waals surface area contributed by atoms with Gasteiger partial charge in [0.2, 0.25) is 0 Å². The number of Topliss-reactive ketones (excluding diaryl/α,β-unsaturated/α-hetero) is 2. The first-order valence-electron chi connectivity index (χ1n) is 5.57. The summed E-state index contributed by atoms with van der Waals surface area (Å²) in [5, 5.41) is 0. The third-order valence-corrected chi connectivity index (χ3v) is 3.08. The number of fused-ring (bicyclic) bond motifs is 1. The summed E-state index contributed by atoms with van der Waals surface area (Å²) >= 11 is 0. The fourth-order valence-corrected chi connectivity index (χ4v) is 2.11. The summed E-state index contributed by atoms with van der Waals surface area (Å²) in [6.07, 6.45) is 2.11. The first kappa shape index (κ1) is 11.5. The van der Waals surface area contributed by atoms with Crippen molar-refractivity contribution in [2.24, 2.45) is 0 Å². The van der Waals surface area contributed by atoms with E-state index < -0.39 is 0 Å². The van der Waals surface area contributed by atoms with Crippen molar-refractivity contribution < 1.29 is 9.59 Å². The molecule has 2 rings (SSSR count). The zero-order chi connectivity index (χ0) is 12.6. The van der Waals surface area contributed by atoms with Crippen LogP contribution in [0.25, 0.3) is 0 Å². The molecule has 0 radical (unpaired) electrons. The highest BCUT2D eigenvalue weighted by atomic mass is 16.1. The van der Waals surface area contributed by atoms with E-state index in [2.05, 4.69) is 6.58 Å². The van der Waals surface area contributed by atoms with E-state index >= 15 is 0 Å². The number of ketones is 2. The minimum absolute atomic E-state index is 0.0410. The number of carbonyl (C=O) groups excluding carboxylic acids is 2. The molecule has 1 aliphatic carbocycles. The van der Waals surface area contributed by atoms with E-state index in [9.17, 15) is 9.59 Å². The number of hydrogen-bond acceptors (Lipinski definition) is 2. The Bertz CT molecular complexity index is 562. The predicted octanol–water partition coefficient (Wildman–Crippen LogP) is 3.27. The average molecular weight is 226 g/mol. The largest absolute Gasteiger partial charge is 0.289 e. The smallest absolute Gasteiger partial charge is 0.190 e. The molecule has 2 nitrogen and oxygen atoms in total. The van der Waals surface area contributed by atoms with Crippen molar-refractivity contribution in [1.82, 2.24) is 0 Å². The third kappa shape index (κ3) is 1.76. The highest BCUT2D eigenvalue weighted by Gasteiger charge is 2.28. The lowest BCUT2D eigenvalue weighted by Gasteiger charge is -2.18. The molecule has 0 saturated carbocycles. The van der Waals surface area contributed by atoms with Crippen LogP contribution in [0.3, 0.4) is 0 Å². The normalized spacial score (nSPS) is 14.9. The molecule has 0 bridgehead atoms. The van der Waals surface area contributed by atoms with Gasteiger partial charge in [-0.05, 0) is 26.3 Å². The number of carbonyl (C=O) groups is 2. The SMILES string of the molecule is C=CCC1=C(C)C(=O)c2ccc(C)cc2C1=O. The van der Waals surface area contributed by atoms with Gasteiger partial charge < -0.3 is 0 Å². The molecule has 1 aliphatic rings. The standard InChI is InChI=1S/C15H14O2/c1-4-5-11-10(3)14(16)12-7-6-9(2)8-13(12)15(11)17/h4,6-8H,1,5H2,2-3H3. The first-order valence-corrected chi connectivity index (χ1v) is 5.57. The Morgan fingerprint density at radius 1 is 1.12 bits per heavy atom. The third-order valence-electron chi connectivity index (χ3n) is 3.08. The maximum atomic E-state index is 12.3. The van der Waals surface area contributed by atoms with Gasteiger partial charge in [0.05, 0.1) is 0 Å². The van der Waals surface area contributed by atoms with Gasteiger partial charge in [0, 0.05) is 22.3 Å². The fourth-order valence-electron chi connectivity index (χ4n) is 2.11. The molecule has 0 unspecified atom stereocenters. The first-order chi connectivity index (χ1) is 8.06. The average Bonchev–Trinajstić information content (AvgIpc) is 2.32. The second-order valence-electron chi connectivity index (χ2n) is 4.30. The van der Waals surface area contributed by atoms with Gasteiger partial charge in [0.15, 0.2) is 11.6 Å². The van der Waals surface area contributed by atoms with Crippen molar-refractivity contribution in [2.45, 2.75) is 20.3 Å². The van der Waals surface area contributed by atoms with Crippen LogP contribution in [0.5, 0.6) is 0 Å². The summed E-state index contributed by atoms with van der Waals surface area (Å²) in [6.45, 7) is 7.25. The summed E-state index contributed by atoms with van der Waals surface area (Å²) in [5.41, 5.74) is 3.15. The van der Waals surface area contributed by atoms with Crippen LogP contribution in [-0.2, 0) is 0 Å². The lowest BCUT2D eigenvalue weighted by molar-refractivity contribution is 0.0973. The van der Waals surface area contributed by atoms with Crippen LogP contribution in [0.15, 0.2) is 42.0 Å². The summed E-state index contributed by atoms with van der Waals surface area (Å²) in [6, 6.07) is 5.37. The van der Waals surface area contributed by atoms with Crippen LogP contribution in [0.2, 0.25) is 0 Å². The molecule has 1 aromatic rings. The predicted molar refractivity (Wildman–Crippen MR) is 67.4 cm³/mol. The molecule has 0 aliphatic heterocycles. The Labute approximate surface area is 101 Å². The zero-order valence-electron chi connectivity index (χ0n) is 10.0. The summed E-state index contributed by atoms with van der Waals surface area (Å²) in [5.74, 6) is -0.0860. The Morgan fingerprint density at radius 2 is 1.82 bits per heavy atom. The molecule has 0 saturated heterocycles. The molecule has 0 heterocycles. The molecule has 1 aromatic carbocycles. The Balaban J connectivity index is 2.64. The number of benzene rings is 1. The molecule has 0 atom stereocenters. The van der Waals surface area contributed by atoms with Crippen molar-refractivity contribution in [1.29, 1.82) is 0 Å². The molecule has 0 spiro atoms. The zero-order valence-corrected chi connectivity index (χ0v) is 10.0. The van der Waals surface area contributed by atoms with Gasteiger partial charge in [-0.15, -0.1) is 6.58 Å². The highest BCUT2D eigenvalue weighted by molar-refractivity contribution is 6.26. The van der Waals surface area contributed by atoms with Crippen LogP contribution < -0.4 is 0 Å². The van der Waals surface area contributed by atoms with Gasteiger partial charge in [0.25, 0.3) is 0 Å². The lowest BCUT2D eigenvalue weighted by Crippen LogP contribution is -2.20. The van der Waals surface area contributed by atoms with Crippen molar-refractivity contribution in [3.8, 4) is 0 Å². The second kappa shape index (κ2) is 4.13. The minimum Gasteiger partial charge on any atom is -0.289 e. The van der Waals surface area contributed by atoms with E-state index in [0.29, 0.717) is 28.7 Å². The summed E-state index contributed by atoms with van der Waals surface area (Å²) < 4.78 is 0. The van der Waals surface area contributed by atoms with Crippen molar-refractivity contribution in [3.05, 3.63) is 58.7 Å². The van der Waals surface area contributed by atoms with Crippen LogP contribution in [0.4, 0.5) is 0 Å². The van der Waals surface area contributed by atoms with E-state index in [1.807, 2.05) is 13.0 Å². The molecule has 0 N–H and O–H groups in total. The Kier molecular flexibility index (Phi) is 2.80. The second-order valence-corrected chi connectivity index (χ2v) is 4.30. The van der Waals surface area contributed by atoms with Gasteiger partial charge in [-0.1, -0.05) is 23.8 Å². The van der Waals surface area contributed by atoms with E-state index in [4.69, 9.17) is 0 Å². The molecule has 17 heavy (non-hydrogen) atoms. The highest BCUT2D eigenvalue weighted by Crippen LogP contribution is 2.28. The monoisotopic (exact) mass is 226 g/mol. The van der Waals surface area contributed by atoms with E-state index in [1.165, 1.54) is 0 Å². The van der Waals surface area contributed by atoms with Crippen LogP contribution >= 0.6 is 0 Å². The fraction of sp³-hybridized carbons (Fsp3) is 0.200. The summed E-state index contributed by atoms with van der Waals surface area (Å²) in [7, 11) is 0. The van der Waals surface area contributed by atoms with Crippen LogP contribution in [0.1, 0.15) is 39.6 Å². The molecular weight excluding hydrogens is 212 g/mol. The van der Waals surface area contributed by atoms with Gasteiger partial charge in [-0.25, -0.2) is 0 Å². The lowest BCUT2D eigenvalue weighted by atomic mass is 9.83. The Hall–Kier alpha value is -1.96. The summed E-state index contributed by atoms with van der Waals surface area (Å²) in [4.78, 5) is 24.4. The van der Waals surface area contributed by atoms with Crippen molar-refractivity contribution in [3.63, 3.8) is 0 Å². The number of hydrogen-bond donors (Lipinski definition) is 0. The number of rotatable bonds is 2. The van der Waals surface area contributed by atoms with E-state index in [-0.39, 0.29) is 11.6 Å². The van der Waals surface area contributed by atoms with Crippen LogP contribution in [0, 0.1) is 6.92 Å². The molecule has 0 aromatic heterocycles. The van der Waals surface area contributed by atoms with E-state index in [1.54, 1.807) is 25.1 Å². The maximum Gasteiger partial charge on any atom is 0.190 e. The maximum absolute atomic E-state index is 12.3. The van der Waals surface area contributed by atoms with Crippen molar-refractivity contribution in [2.75, 3.05) is 0 Å². The number of allylic oxidation sites excluding steroid dienone is 3. The van der Waals surface area contributed by atoms with Gasteiger partial charge in [-0.2, -0.15) is 0 Å². The number of aryl methyl sites for hydroxylation is 1. The molecule has 0 fully saturated rings. The van der Waals surface area contributed by atoms with Gasteiger partial charge in [-0.3, -0.25) is 9.59 Å². The minimum atomic E-state index is -0.0450. The van der Waals surface area contributed by atoms with E-state index in [0.717, 1.165) is 5.56 Å². The molecule has 2 heteroatoms. The van der Waals surface area contributed by atoms with Crippen LogP contribution in [-0.4, -0.2) is 11.6 Å². The van der Waals surface area contributed by atoms with Gasteiger partial charge >= 0.3 is 0 Å². The topological polar surface area (TPSA) is 34.1 Å². The molecule has 0 amide bonds. The quantitative estimate of drug-likeness (QED) is 0.725. The molecule has 86 valence electrons.